The minimum atomic E-state index is -1.61. The number of hydrogen-bond donors (Lipinski definition) is 0. The summed E-state index contributed by atoms with van der Waals surface area (Å²) in [6.45, 7) is 0.732. The number of halogens is 3. The van der Waals surface area contributed by atoms with Crippen molar-refractivity contribution in [1.29, 1.82) is 0 Å². The third-order valence-electron chi connectivity index (χ3n) is 0.713. The Kier molecular flexibility index (Phi) is 3.03. The van der Waals surface area contributed by atoms with Crippen molar-refractivity contribution in [1.82, 2.24) is 0 Å². The highest BCUT2D eigenvalue weighted by molar-refractivity contribution is 14.1. The maximum atomic E-state index is 12.2. The SMILES string of the molecule is CCC(F)(I)CF. The monoisotopic (exact) mass is 220 g/mol. The minimum absolute atomic E-state index is 0.240. The molecule has 0 fully saturated rings. The fraction of sp³-hybridized carbons (Fsp3) is 1.00. The molecule has 0 bridgehead atoms. The van der Waals surface area contributed by atoms with E-state index in [9.17, 15) is 8.78 Å². The van der Waals surface area contributed by atoms with Crippen LogP contribution < -0.4 is 0 Å². The standard InChI is InChI=1S/C4H7F2I/c1-2-4(6,7)3-5/h2-3H2,1H3. The second-order valence-electron chi connectivity index (χ2n) is 1.34. The largest absolute Gasteiger partial charge is 0.247 e. The molecule has 0 aromatic carbocycles. The van der Waals surface area contributed by atoms with E-state index >= 15 is 0 Å². The van der Waals surface area contributed by atoms with Gasteiger partial charge in [-0.05, 0) is 29.0 Å². The van der Waals surface area contributed by atoms with Crippen molar-refractivity contribution in [3.8, 4) is 0 Å². The van der Waals surface area contributed by atoms with Crippen molar-refractivity contribution in [2.24, 2.45) is 0 Å². The van der Waals surface area contributed by atoms with Crippen LogP contribution in [0.1, 0.15) is 13.3 Å². The summed E-state index contributed by atoms with van der Waals surface area (Å²) in [4.78, 5) is 0. The predicted molar refractivity (Wildman–Crippen MR) is 34.1 cm³/mol. The molecular weight excluding hydrogens is 213 g/mol. The fourth-order valence-electron chi connectivity index (χ4n) is 0.0945. The van der Waals surface area contributed by atoms with Crippen molar-refractivity contribution < 1.29 is 8.78 Å². The van der Waals surface area contributed by atoms with E-state index in [1.807, 2.05) is 0 Å². The van der Waals surface area contributed by atoms with E-state index in [-0.39, 0.29) is 6.42 Å². The molecule has 0 nitrogen and oxygen atoms in total. The zero-order valence-electron chi connectivity index (χ0n) is 4.05. The summed E-state index contributed by atoms with van der Waals surface area (Å²) >= 11 is 1.46. The van der Waals surface area contributed by atoms with E-state index in [1.165, 1.54) is 22.6 Å². The van der Waals surface area contributed by atoms with Crippen LogP contribution in [0.5, 0.6) is 0 Å². The minimum Gasteiger partial charge on any atom is -0.247 e. The van der Waals surface area contributed by atoms with Crippen LogP contribution in [0.15, 0.2) is 0 Å². The lowest BCUT2D eigenvalue weighted by molar-refractivity contribution is 0.236. The Morgan fingerprint density at radius 1 is 1.71 bits per heavy atom. The molecule has 0 amide bonds. The molecule has 3 heteroatoms. The second-order valence-corrected chi connectivity index (χ2v) is 3.28. The normalized spacial score (nSPS) is 18.9. The first-order chi connectivity index (χ1) is 3.12. The molecule has 0 aliphatic rings. The third-order valence-corrected chi connectivity index (χ3v) is 1.76. The van der Waals surface area contributed by atoms with Crippen molar-refractivity contribution in [2.75, 3.05) is 6.67 Å². The second kappa shape index (κ2) is 2.79. The van der Waals surface area contributed by atoms with Crippen molar-refractivity contribution >= 4 is 22.6 Å². The maximum absolute atomic E-state index is 12.2. The highest BCUT2D eigenvalue weighted by Gasteiger charge is 2.21. The van der Waals surface area contributed by atoms with Crippen LogP contribution >= 0.6 is 22.6 Å². The van der Waals surface area contributed by atoms with Crippen LogP contribution in [-0.4, -0.2) is 10.4 Å². The van der Waals surface area contributed by atoms with Gasteiger partial charge in [-0.1, -0.05) is 6.92 Å². The zero-order valence-corrected chi connectivity index (χ0v) is 6.21. The summed E-state index contributed by atoms with van der Waals surface area (Å²) in [6, 6.07) is 0. The Labute approximate surface area is 55.4 Å². The quantitative estimate of drug-likeness (QED) is 0.495. The third kappa shape index (κ3) is 3.20. The average molecular weight is 220 g/mol. The van der Waals surface area contributed by atoms with Gasteiger partial charge in [-0.3, -0.25) is 0 Å². The van der Waals surface area contributed by atoms with Gasteiger partial charge < -0.3 is 0 Å². The van der Waals surface area contributed by atoms with Crippen molar-refractivity contribution in [3.05, 3.63) is 0 Å². The number of alkyl halides is 3. The van der Waals surface area contributed by atoms with Gasteiger partial charge >= 0.3 is 0 Å². The van der Waals surface area contributed by atoms with Crippen LogP contribution in [0.4, 0.5) is 8.78 Å². The molecule has 0 aromatic rings. The van der Waals surface area contributed by atoms with Crippen LogP contribution in [0, 0.1) is 0 Å². The molecule has 1 unspecified atom stereocenters. The summed E-state index contributed by atoms with van der Waals surface area (Å²) in [5.74, 6) is 0. The molecule has 7 heavy (non-hydrogen) atoms. The summed E-state index contributed by atoms with van der Waals surface area (Å²) in [7, 11) is 0. The highest BCUT2D eigenvalue weighted by Crippen LogP contribution is 2.24. The highest BCUT2D eigenvalue weighted by atomic mass is 127. The molecule has 0 saturated heterocycles. The van der Waals surface area contributed by atoms with Gasteiger partial charge in [-0.2, -0.15) is 0 Å². The Balaban J connectivity index is 3.36. The van der Waals surface area contributed by atoms with Gasteiger partial charge in [0, 0.05) is 0 Å². The molecule has 1 atom stereocenters. The molecule has 0 spiro atoms. The molecule has 0 saturated carbocycles. The fourth-order valence-corrected chi connectivity index (χ4v) is 0.0945. The van der Waals surface area contributed by atoms with E-state index in [4.69, 9.17) is 0 Å². The predicted octanol–water partition coefficient (Wildman–Crippen LogP) is 2.47. The molecule has 0 aliphatic heterocycles. The van der Waals surface area contributed by atoms with E-state index in [0.29, 0.717) is 0 Å². The lowest BCUT2D eigenvalue weighted by atomic mass is 10.3. The van der Waals surface area contributed by atoms with E-state index in [1.54, 1.807) is 6.92 Å². The van der Waals surface area contributed by atoms with Crippen molar-refractivity contribution in [2.45, 2.75) is 17.0 Å². The molecule has 0 N–H and O–H groups in total. The van der Waals surface area contributed by atoms with Crippen LogP contribution in [-0.2, 0) is 0 Å². The lowest BCUT2D eigenvalue weighted by Gasteiger charge is -2.08. The Morgan fingerprint density at radius 3 is 2.14 bits per heavy atom. The Bertz CT molecular complexity index is 47.7. The van der Waals surface area contributed by atoms with Gasteiger partial charge in [-0.15, -0.1) is 0 Å². The summed E-state index contributed by atoms with van der Waals surface area (Å²) in [5.41, 5.74) is 0. The topological polar surface area (TPSA) is 0 Å². The van der Waals surface area contributed by atoms with Gasteiger partial charge in [-0.25, -0.2) is 8.78 Å². The summed E-state index contributed by atoms with van der Waals surface area (Å²) < 4.78 is 21.9. The first-order valence-corrected chi connectivity index (χ1v) is 3.14. The lowest BCUT2D eigenvalue weighted by Crippen LogP contribution is -2.13. The molecular formula is C4H7F2I. The smallest absolute Gasteiger partial charge is 0.189 e. The molecule has 0 aromatic heterocycles. The van der Waals surface area contributed by atoms with Gasteiger partial charge in [0.1, 0.15) is 6.67 Å². The first kappa shape index (κ1) is 7.59. The van der Waals surface area contributed by atoms with E-state index < -0.39 is 10.4 Å². The van der Waals surface area contributed by atoms with Crippen LogP contribution in [0.2, 0.25) is 0 Å². The summed E-state index contributed by atoms with van der Waals surface area (Å²) in [6.07, 6.45) is 0.240. The van der Waals surface area contributed by atoms with Crippen LogP contribution in [0.25, 0.3) is 0 Å². The Morgan fingerprint density at radius 2 is 2.14 bits per heavy atom. The molecule has 0 aliphatic carbocycles. The summed E-state index contributed by atoms with van der Waals surface area (Å²) in [5, 5.41) is 0. The van der Waals surface area contributed by atoms with E-state index in [0.717, 1.165) is 0 Å². The van der Waals surface area contributed by atoms with Gasteiger partial charge in [0.05, 0.1) is 0 Å². The maximum Gasteiger partial charge on any atom is 0.189 e. The van der Waals surface area contributed by atoms with Crippen molar-refractivity contribution in [3.63, 3.8) is 0 Å². The van der Waals surface area contributed by atoms with Gasteiger partial charge in [0.15, 0.2) is 3.68 Å². The molecule has 0 radical (unpaired) electrons. The number of rotatable bonds is 2. The van der Waals surface area contributed by atoms with Gasteiger partial charge in [0.2, 0.25) is 0 Å². The molecule has 44 valence electrons. The number of hydrogen-bond acceptors (Lipinski definition) is 0. The van der Waals surface area contributed by atoms with Crippen LogP contribution in [0.3, 0.4) is 0 Å². The first-order valence-electron chi connectivity index (χ1n) is 2.06. The van der Waals surface area contributed by atoms with E-state index in [2.05, 4.69) is 0 Å². The van der Waals surface area contributed by atoms with Gasteiger partial charge in [0.25, 0.3) is 0 Å². The molecule has 0 rings (SSSR count). The zero-order chi connectivity index (χ0) is 5.91. The molecule has 0 heterocycles. The average Bonchev–Trinajstić information content (AvgIpc) is 1.68. The Hall–Kier alpha value is 0.590.